The van der Waals surface area contributed by atoms with Gasteiger partial charge in [0.2, 0.25) is 5.95 Å². The zero-order valence-corrected chi connectivity index (χ0v) is 11.4. The minimum Gasteiger partial charge on any atom is -0.497 e. The van der Waals surface area contributed by atoms with Crippen LogP contribution in [0.2, 0.25) is 0 Å². The predicted molar refractivity (Wildman–Crippen MR) is 77.2 cm³/mol. The van der Waals surface area contributed by atoms with E-state index in [2.05, 4.69) is 20.6 Å². The maximum atomic E-state index is 5.20. The molecule has 1 heterocycles. The molecular formula is C14H18N4O. The van der Waals surface area contributed by atoms with Gasteiger partial charge >= 0.3 is 0 Å². The van der Waals surface area contributed by atoms with E-state index in [9.17, 15) is 0 Å². The molecule has 0 fully saturated rings. The summed E-state index contributed by atoms with van der Waals surface area (Å²) >= 11 is 0. The second-order valence-electron chi connectivity index (χ2n) is 4.11. The van der Waals surface area contributed by atoms with E-state index in [0.717, 1.165) is 29.4 Å². The molecule has 2 N–H and O–H groups in total. The van der Waals surface area contributed by atoms with Crippen LogP contribution in [0.25, 0.3) is 0 Å². The molecule has 19 heavy (non-hydrogen) atoms. The number of benzene rings is 1. The van der Waals surface area contributed by atoms with Crippen molar-refractivity contribution < 1.29 is 4.74 Å². The standard InChI is InChI=1S/C14H18N4O/c1-4-15-14-16-9-10(2)13(18-14)17-11-6-5-7-12(8-11)19-3/h5-9H,4H2,1-3H3,(H2,15,16,17,18). The Labute approximate surface area is 113 Å². The summed E-state index contributed by atoms with van der Waals surface area (Å²) in [7, 11) is 1.65. The molecule has 0 spiro atoms. The van der Waals surface area contributed by atoms with E-state index in [1.165, 1.54) is 0 Å². The molecule has 0 atom stereocenters. The molecule has 2 aromatic rings. The van der Waals surface area contributed by atoms with Crippen LogP contribution in [0.15, 0.2) is 30.5 Å². The lowest BCUT2D eigenvalue weighted by Crippen LogP contribution is -2.05. The SMILES string of the molecule is CCNc1ncc(C)c(Nc2cccc(OC)c2)n1. The average molecular weight is 258 g/mol. The van der Waals surface area contributed by atoms with Crippen molar-refractivity contribution in [2.75, 3.05) is 24.3 Å². The van der Waals surface area contributed by atoms with Crippen LogP contribution in [0, 0.1) is 6.92 Å². The number of anilines is 3. The highest BCUT2D eigenvalue weighted by molar-refractivity contribution is 5.61. The normalized spacial score (nSPS) is 10.1. The molecule has 0 amide bonds. The van der Waals surface area contributed by atoms with E-state index < -0.39 is 0 Å². The first-order chi connectivity index (χ1) is 9.22. The van der Waals surface area contributed by atoms with Crippen LogP contribution in [0.4, 0.5) is 17.5 Å². The topological polar surface area (TPSA) is 59.1 Å². The van der Waals surface area contributed by atoms with Crippen molar-refractivity contribution in [2.24, 2.45) is 0 Å². The monoisotopic (exact) mass is 258 g/mol. The van der Waals surface area contributed by atoms with Crippen molar-refractivity contribution in [1.29, 1.82) is 0 Å². The third-order valence-electron chi connectivity index (χ3n) is 2.64. The van der Waals surface area contributed by atoms with Gasteiger partial charge in [-0.3, -0.25) is 0 Å². The van der Waals surface area contributed by atoms with E-state index in [4.69, 9.17) is 4.74 Å². The number of ether oxygens (including phenoxy) is 1. The van der Waals surface area contributed by atoms with Crippen molar-refractivity contribution in [3.8, 4) is 5.75 Å². The summed E-state index contributed by atoms with van der Waals surface area (Å²) in [6.07, 6.45) is 1.80. The molecule has 2 rings (SSSR count). The van der Waals surface area contributed by atoms with Crippen molar-refractivity contribution in [2.45, 2.75) is 13.8 Å². The minimum absolute atomic E-state index is 0.624. The molecule has 0 saturated heterocycles. The Balaban J connectivity index is 2.23. The third kappa shape index (κ3) is 3.34. The van der Waals surface area contributed by atoms with Crippen LogP contribution in [-0.2, 0) is 0 Å². The Kier molecular flexibility index (Phi) is 4.18. The highest BCUT2D eigenvalue weighted by atomic mass is 16.5. The fourth-order valence-electron chi connectivity index (χ4n) is 1.65. The Bertz CT molecular complexity index is 557. The Morgan fingerprint density at radius 3 is 2.89 bits per heavy atom. The molecule has 5 heteroatoms. The molecule has 0 radical (unpaired) electrons. The number of nitrogens with one attached hydrogen (secondary N) is 2. The summed E-state index contributed by atoms with van der Waals surface area (Å²) in [5.41, 5.74) is 1.92. The van der Waals surface area contributed by atoms with Gasteiger partial charge in [-0.05, 0) is 26.0 Å². The predicted octanol–water partition coefficient (Wildman–Crippen LogP) is 2.97. The maximum absolute atomic E-state index is 5.20. The fourth-order valence-corrected chi connectivity index (χ4v) is 1.65. The van der Waals surface area contributed by atoms with Gasteiger partial charge in [0.15, 0.2) is 0 Å². The molecule has 0 aliphatic rings. The van der Waals surface area contributed by atoms with Gasteiger partial charge in [0.1, 0.15) is 11.6 Å². The number of hydrogen-bond donors (Lipinski definition) is 2. The van der Waals surface area contributed by atoms with Crippen molar-refractivity contribution in [3.63, 3.8) is 0 Å². The lowest BCUT2D eigenvalue weighted by molar-refractivity contribution is 0.415. The van der Waals surface area contributed by atoms with Crippen LogP contribution in [-0.4, -0.2) is 23.6 Å². The molecule has 0 saturated carbocycles. The number of rotatable bonds is 5. The summed E-state index contributed by atoms with van der Waals surface area (Å²) in [6.45, 7) is 4.78. The molecule has 100 valence electrons. The average Bonchev–Trinajstić information content (AvgIpc) is 2.43. The van der Waals surface area contributed by atoms with Gasteiger partial charge in [0, 0.05) is 30.1 Å². The highest BCUT2D eigenvalue weighted by Crippen LogP contribution is 2.22. The number of aryl methyl sites for hydroxylation is 1. The molecule has 1 aromatic carbocycles. The van der Waals surface area contributed by atoms with Crippen LogP contribution in [0.5, 0.6) is 5.75 Å². The second kappa shape index (κ2) is 6.04. The largest absolute Gasteiger partial charge is 0.497 e. The van der Waals surface area contributed by atoms with E-state index >= 15 is 0 Å². The summed E-state index contributed by atoms with van der Waals surface area (Å²) < 4.78 is 5.20. The van der Waals surface area contributed by atoms with E-state index in [1.54, 1.807) is 13.3 Å². The summed E-state index contributed by atoms with van der Waals surface area (Å²) in [5, 5.41) is 6.37. The van der Waals surface area contributed by atoms with Crippen molar-refractivity contribution >= 4 is 17.5 Å². The zero-order chi connectivity index (χ0) is 13.7. The Morgan fingerprint density at radius 2 is 2.16 bits per heavy atom. The van der Waals surface area contributed by atoms with Gasteiger partial charge in [-0.2, -0.15) is 4.98 Å². The molecular weight excluding hydrogens is 240 g/mol. The molecule has 0 bridgehead atoms. The van der Waals surface area contributed by atoms with Crippen molar-refractivity contribution in [1.82, 2.24) is 9.97 Å². The Hall–Kier alpha value is -2.30. The Morgan fingerprint density at radius 1 is 1.32 bits per heavy atom. The number of aromatic nitrogens is 2. The number of hydrogen-bond acceptors (Lipinski definition) is 5. The lowest BCUT2D eigenvalue weighted by atomic mass is 10.3. The third-order valence-corrected chi connectivity index (χ3v) is 2.64. The van der Waals surface area contributed by atoms with Gasteiger partial charge < -0.3 is 15.4 Å². The first kappa shape index (κ1) is 13.1. The van der Waals surface area contributed by atoms with Crippen LogP contribution >= 0.6 is 0 Å². The quantitative estimate of drug-likeness (QED) is 0.863. The number of methoxy groups -OCH3 is 1. The minimum atomic E-state index is 0.624. The fraction of sp³-hybridized carbons (Fsp3) is 0.286. The van der Waals surface area contributed by atoms with Gasteiger partial charge in [0.25, 0.3) is 0 Å². The molecule has 5 nitrogen and oxygen atoms in total. The van der Waals surface area contributed by atoms with Crippen LogP contribution in [0.3, 0.4) is 0 Å². The summed E-state index contributed by atoms with van der Waals surface area (Å²) in [4.78, 5) is 8.66. The first-order valence-corrected chi connectivity index (χ1v) is 6.21. The second-order valence-corrected chi connectivity index (χ2v) is 4.11. The smallest absolute Gasteiger partial charge is 0.224 e. The van der Waals surface area contributed by atoms with Crippen molar-refractivity contribution in [3.05, 3.63) is 36.0 Å². The van der Waals surface area contributed by atoms with E-state index in [0.29, 0.717) is 5.95 Å². The van der Waals surface area contributed by atoms with E-state index in [-0.39, 0.29) is 0 Å². The van der Waals surface area contributed by atoms with Gasteiger partial charge in [-0.25, -0.2) is 4.98 Å². The van der Waals surface area contributed by atoms with Gasteiger partial charge in [-0.1, -0.05) is 6.07 Å². The lowest BCUT2D eigenvalue weighted by Gasteiger charge is -2.11. The molecule has 0 aliphatic heterocycles. The van der Waals surface area contributed by atoms with E-state index in [1.807, 2.05) is 38.1 Å². The number of nitrogens with zero attached hydrogens (tertiary/aromatic N) is 2. The van der Waals surface area contributed by atoms with Gasteiger partial charge in [-0.15, -0.1) is 0 Å². The van der Waals surface area contributed by atoms with Crippen LogP contribution in [0.1, 0.15) is 12.5 Å². The highest BCUT2D eigenvalue weighted by Gasteiger charge is 2.04. The molecule has 1 aromatic heterocycles. The molecule has 0 unspecified atom stereocenters. The van der Waals surface area contributed by atoms with Crippen LogP contribution < -0.4 is 15.4 Å². The van der Waals surface area contributed by atoms with Gasteiger partial charge in [0.05, 0.1) is 7.11 Å². The maximum Gasteiger partial charge on any atom is 0.224 e. The first-order valence-electron chi connectivity index (χ1n) is 6.21. The summed E-state index contributed by atoms with van der Waals surface area (Å²) in [5.74, 6) is 2.22. The summed E-state index contributed by atoms with van der Waals surface area (Å²) in [6, 6.07) is 7.73. The zero-order valence-electron chi connectivity index (χ0n) is 11.4. The molecule has 0 aliphatic carbocycles.